The number of nitrogens with zero attached hydrogens (tertiary/aromatic N) is 2. The number of pyridine rings is 1. The van der Waals surface area contributed by atoms with Gasteiger partial charge in [-0.25, -0.2) is 4.79 Å². The quantitative estimate of drug-likeness (QED) is 0.903. The molecule has 0 aliphatic carbocycles. The molecule has 0 saturated heterocycles. The van der Waals surface area contributed by atoms with Gasteiger partial charge >= 0.3 is 5.97 Å². The first-order valence-electron chi connectivity index (χ1n) is 6.19. The van der Waals surface area contributed by atoms with E-state index in [1.807, 2.05) is 0 Å². The van der Waals surface area contributed by atoms with E-state index in [-0.39, 0.29) is 11.5 Å². The van der Waals surface area contributed by atoms with Crippen LogP contribution < -0.4 is 0 Å². The maximum atomic E-state index is 12.3. The molecule has 2 heterocycles. The number of hydrogen-bond donors (Lipinski definition) is 1. The van der Waals surface area contributed by atoms with Gasteiger partial charge in [-0.15, -0.1) is 0 Å². The average Bonchev–Trinajstić information content (AvgIpc) is 2.90. The molecule has 5 nitrogen and oxygen atoms in total. The number of amides is 1. The fraction of sp³-hybridized carbons (Fsp3) is 0.133. The molecule has 5 heteroatoms. The van der Waals surface area contributed by atoms with Crippen LogP contribution in [-0.2, 0) is 13.1 Å². The van der Waals surface area contributed by atoms with Gasteiger partial charge in [0, 0.05) is 31.0 Å². The van der Waals surface area contributed by atoms with Crippen molar-refractivity contribution in [1.29, 1.82) is 0 Å². The van der Waals surface area contributed by atoms with E-state index >= 15 is 0 Å². The molecule has 0 bridgehead atoms. The molecule has 2 aromatic rings. The van der Waals surface area contributed by atoms with Crippen LogP contribution in [0.5, 0.6) is 0 Å². The third kappa shape index (κ3) is 2.14. The molecule has 100 valence electrons. The SMILES string of the molecule is O=C(O)c1ccc2c(c1)CN(C(=O)c1ccncc1)C2. The molecule has 0 atom stereocenters. The zero-order valence-electron chi connectivity index (χ0n) is 10.6. The van der Waals surface area contributed by atoms with Gasteiger partial charge in [-0.3, -0.25) is 9.78 Å². The van der Waals surface area contributed by atoms with Crippen molar-refractivity contribution in [2.45, 2.75) is 13.1 Å². The predicted molar refractivity (Wildman–Crippen MR) is 71.2 cm³/mol. The van der Waals surface area contributed by atoms with Crippen molar-refractivity contribution in [3.8, 4) is 0 Å². The fourth-order valence-electron chi connectivity index (χ4n) is 2.35. The second-order valence-corrected chi connectivity index (χ2v) is 4.69. The lowest BCUT2D eigenvalue weighted by molar-refractivity contribution is 0.0696. The van der Waals surface area contributed by atoms with Gasteiger partial charge in [0.15, 0.2) is 0 Å². The minimum atomic E-state index is -0.952. The molecule has 20 heavy (non-hydrogen) atoms. The number of carboxylic acids is 1. The minimum absolute atomic E-state index is 0.0690. The highest BCUT2D eigenvalue weighted by atomic mass is 16.4. The molecule has 3 rings (SSSR count). The number of carboxylic acid groups (broad SMARTS) is 1. The van der Waals surface area contributed by atoms with E-state index < -0.39 is 5.97 Å². The third-order valence-electron chi connectivity index (χ3n) is 3.39. The highest BCUT2D eigenvalue weighted by Crippen LogP contribution is 2.25. The highest BCUT2D eigenvalue weighted by Gasteiger charge is 2.24. The summed E-state index contributed by atoms with van der Waals surface area (Å²) in [4.78, 5) is 28.9. The number of hydrogen-bond acceptors (Lipinski definition) is 3. The summed E-state index contributed by atoms with van der Waals surface area (Å²) in [6.45, 7) is 0.952. The lowest BCUT2D eigenvalue weighted by Crippen LogP contribution is -2.25. The molecule has 1 aliphatic rings. The summed E-state index contributed by atoms with van der Waals surface area (Å²) in [5, 5.41) is 8.98. The van der Waals surface area contributed by atoms with E-state index in [2.05, 4.69) is 4.98 Å². The standard InChI is InChI=1S/C15H12N2O3/c18-14(10-3-5-16-6-4-10)17-8-12-2-1-11(15(19)20)7-13(12)9-17/h1-7H,8-9H2,(H,19,20). The third-order valence-corrected chi connectivity index (χ3v) is 3.39. The van der Waals surface area contributed by atoms with Crippen LogP contribution in [0.15, 0.2) is 42.7 Å². The minimum Gasteiger partial charge on any atom is -0.478 e. The molecule has 1 aliphatic heterocycles. The molecular formula is C15H12N2O3. The molecule has 1 aromatic carbocycles. The number of carbonyl (C=O) groups is 2. The summed E-state index contributed by atoms with van der Waals surface area (Å²) < 4.78 is 0. The second kappa shape index (κ2) is 4.77. The first-order valence-corrected chi connectivity index (χ1v) is 6.19. The molecule has 0 radical (unpaired) electrons. The molecule has 1 aromatic heterocycles. The maximum absolute atomic E-state index is 12.3. The van der Waals surface area contributed by atoms with Crippen LogP contribution in [0.25, 0.3) is 0 Å². The summed E-state index contributed by atoms with van der Waals surface area (Å²) in [5.41, 5.74) is 2.73. The molecule has 0 fully saturated rings. The molecule has 1 N–H and O–H groups in total. The average molecular weight is 268 g/mol. The van der Waals surface area contributed by atoms with E-state index in [1.54, 1.807) is 47.6 Å². The largest absolute Gasteiger partial charge is 0.478 e. The Bertz CT molecular complexity index is 683. The van der Waals surface area contributed by atoms with E-state index in [4.69, 9.17) is 5.11 Å². The summed E-state index contributed by atoms with van der Waals surface area (Å²) in [5.74, 6) is -1.02. The number of aromatic carboxylic acids is 1. The lowest BCUT2D eigenvalue weighted by atomic mass is 10.1. The van der Waals surface area contributed by atoms with Crippen molar-refractivity contribution < 1.29 is 14.7 Å². The van der Waals surface area contributed by atoms with Crippen molar-refractivity contribution >= 4 is 11.9 Å². The predicted octanol–water partition coefficient (Wildman–Crippen LogP) is 1.94. The van der Waals surface area contributed by atoms with Gasteiger partial charge in [0.25, 0.3) is 5.91 Å². The van der Waals surface area contributed by atoms with Crippen molar-refractivity contribution in [1.82, 2.24) is 9.88 Å². The Balaban J connectivity index is 1.84. The number of rotatable bonds is 2. The fourth-order valence-corrected chi connectivity index (χ4v) is 2.35. The molecule has 0 saturated carbocycles. The molecular weight excluding hydrogens is 256 g/mol. The normalized spacial score (nSPS) is 13.1. The van der Waals surface area contributed by atoms with E-state index in [9.17, 15) is 9.59 Å². The van der Waals surface area contributed by atoms with Crippen molar-refractivity contribution in [2.24, 2.45) is 0 Å². The Morgan fingerprint density at radius 2 is 1.70 bits per heavy atom. The van der Waals surface area contributed by atoms with Crippen molar-refractivity contribution in [3.05, 3.63) is 65.0 Å². The zero-order valence-corrected chi connectivity index (χ0v) is 10.6. The Hall–Kier alpha value is -2.69. The zero-order chi connectivity index (χ0) is 14.1. The Morgan fingerprint density at radius 1 is 1.00 bits per heavy atom. The topological polar surface area (TPSA) is 70.5 Å². The van der Waals surface area contributed by atoms with Crippen molar-refractivity contribution in [2.75, 3.05) is 0 Å². The van der Waals surface area contributed by atoms with E-state index in [0.717, 1.165) is 11.1 Å². The smallest absolute Gasteiger partial charge is 0.335 e. The summed E-state index contributed by atoms with van der Waals surface area (Å²) >= 11 is 0. The van der Waals surface area contributed by atoms with Crippen LogP contribution in [-0.4, -0.2) is 26.9 Å². The number of fused-ring (bicyclic) bond motifs is 1. The second-order valence-electron chi connectivity index (χ2n) is 4.69. The molecule has 0 unspecified atom stereocenters. The lowest BCUT2D eigenvalue weighted by Gasteiger charge is -2.15. The highest BCUT2D eigenvalue weighted by molar-refractivity contribution is 5.94. The number of aromatic nitrogens is 1. The van der Waals surface area contributed by atoms with Crippen LogP contribution in [0, 0.1) is 0 Å². The van der Waals surface area contributed by atoms with E-state index in [1.165, 1.54) is 0 Å². The molecule has 0 spiro atoms. The summed E-state index contributed by atoms with van der Waals surface area (Å²) in [6, 6.07) is 8.33. The van der Waals surface area contributed by atoms with Gasteiger partial charge in [0.1, 0.15) is 0 Å². The number of benzene rings is 1. The van der Waals surface area contributed by atoms with Crippen molar-refractivity contribution in [3.63, 3.8) is 0 Å². The first kappa shape index (κ1) is 12.3. The summed E-state index contributed by atoms with van der Waals surface area (Å²) in [6.07, 6.45) is 3.16. The summed E-state index contributed by atoms with van der Waals surface area (Å²) in [7, 11) is 0. The van der Waals surface area contributed by atoms with Crippen LogP contribution in [0.2, 0.25) is 0 Å². The first-order chi connectivity index (χ1) is 9.65. The Labute approximate surface area is 115 Å². The Morgan fingerprint density at radius 3 is 2.40 bits per heavy atom. The van der Waals surface area contributed by atoms with E-state index in [0.29, 0.717) is 18.7 Å². The van der Waals surface area contributed by atoms with Crippen LogP contribution in [0.4, 0.5) is 0 Å². The van der Waals surface area contributed by atoms with Crippen LogP contribution in [0.1, 0.15) is 31.8 Å². The molecule has 1 amide bonds. The van der Waals surface area contributed by atoms with Gasteiger partial charge < -0.3 is 10.0 Å². The van der Waals surface area contributed by atoms with Crippen LogP contribution in [0.3, 0.4) is 0 Å². The van der Waals surface area contributed by atoms with Crippen LogP contribution >= 0.6 is 0 Å². The van der Waals surface area contributed by atoms with Gasteiger partial charge in [-0.1, -0.05) is 6.07 Å². The van der Waals surface area contributed by atoms with Gasteiger partial charge in [0.05, 0.1) is 5.56 Å². The Kier molecular flexibility index (Phi) is 2.95. The number of carbonyl (C=O) groups excluding carboxylic acids is 1. The van der Waals surface area contributed by atoms with Gasteiger partial charge in [0.2, 0.25) is 0 Å². The maximum Gasteiger partial charge on any atom is 0.335 e. The monoisotopic (exact) mass is 268 g/mol. The van der Waals surface area contributed by atoms with Gasteiger partial charge in [-0.05, 0) is 35.4 Å². The van der Waals surface area contributed by atoms with Gasteiger partial charge in [-0.2, -0.15) is 0 Å².